The Kier molecular flexibility index (Phi) is 4.37. The van der Waals surface area contributed by atoms with Gasteiger partial charge >= 0.3 is 0 Å². The summed E-state index contributed by atoms with van der Waals surface area (Å²) in [6.45, 7) is 1.38. The van der Waals surface area contributed by atoms with Crippen LogP contribution < -0.4 is 5.56 Å². The van der Waals surface area contributed by atoms with Crippen molar-refractivity contribution in [3.63, 3.8) is 0 Å². The molecule has 8 nitrogen and oxygen atoms in total. The molecule has 2 aromatic rings. The van der Waals surface area contributed by atoms with E-state index in [0.29, 0.717) is 36.8 Å². The number of rotatable bonds is 2. The number of nitrogens with one attached hydrogen (secondary N) is 1. The molecule has 0 spiro atoms. The fourth-order valence-corrected chi connectivity index (χ4v) is 3.73. The molecule has 1 fully saturated rings. The monoisotopic (exact) mass is 350 g/mol. The van der Waals surface area contributed by atoms with E-state index in [9.17, 15) is 18.0 Å². The summed E-state index contributed by atoms with van der Waals surface area (Å²) in [6, 6.07) is 6.79. The fraction of sp³-hybridized carbons (Fsp3) is 0.400. The first-order chi connectivity index (χ1) is 11.4. The number of nitrogens with zero attached hydrogens (tertiary/aromatic N) is 3. The first kappa shape index (κ1) is 16.6. The first-order valence-corrected chi connectivity index (χ1v) is 9.44. The van der Waals surface area contributed by atoms with Gasteiger partial charge in [0.15, 0.2) is 5.69 Å². The average Bonchev–Trinajstić information content (AvgIpc) is 2.81. The lowest BCUT2D eigenvalue weighted by Crippen LogP contribution is -2.37. The van der Waals surface area contributed by atoms with Gasteiger partial charge in [0.1, 0.15) is 0 Å². The zero-order valence-electron chi connectivity index (χ0n) is 13.2. The molecule has 1 aromatic heterocycles. The lowest BCUT2D eigenvalue weighted by Gasteiger charge is -2.21. The SMILES string of the molecule is CS(=O)(=O)N1CCCN(C(=O)c2n[nH]c(=O)c3ccccc23)CC1. The zero-order valence-corrected chi connectivity index (χ0v) is 14.0. The smallest absolute Gasteiger partial charge is 0.274 e. The molecule has 24 heavy (non-hydrogen) atoms. The third-order valence-corrected chi connectivity index (χ3v) is 5.41. The molecule has 0 unspecified atom stereocenters. The van der Waals surface area contributed by atoms with E-state index in [-0.39, 0.29) is 23.7 Å². The van der Waals surface area contributed by atoms with Crippen LogP contribution in [0.5, 0.6) is 0 Å². The number of hydrogen-bond donors (Lipinski definition) is 1. The predicted octanol–water partition coefficient (Wildman–Crippen LogP) is 0.0306. The van der Waals surface area contributed by atoms with E-state index in [1.54, 1.807) is 29.2 Å². The summed E-state index contributed by atoms with van der Waals surface area (Å²) in [6.07, 6.45) is 1.72. The molecule has 0 bridgehead atoms. The Balaban J connectivity index is 1.90. The maximum Gasteiger partial charge on any atom is 0.274 e. The summed E-state index contributed by atoms with van der Waals surface area (Å²) in [4.78, 5) is 26.2. The molecule has 0 radical (unpaired) electrons. The molecule has 1 saturated heterocycles. The molecule has 0 atom stereocenters. The number of hydrogen-bond acceptors (Lipinski definition) is 5. The number of benzene rings is 1. The number of aromatic nitrogens is 2. The van der Waals surface area contributed by atoms with Crippen molar-refractivity contribution in [1.29, 1.82) is 0 Å². The normalized spacial score (nSPS) is 17.0. The number of sulfonamides is 1. The Morgan fingerprint density at radius 1 is 1.12 bits per heavy atom. The van der Waals surface area contributed by atoms with Gasteiger partial charge in [0.05, 0.1) is 11.6 Å². The molecule has 1 N–H and O–H groups in total. The lowest BCUT2D eigenvalue weighted by atomic mass is 10.1. The van der Waals surface area contributed by atoms with E-state index in [1.165, 1.54) is 10.6 Å². The number of carbonyl (C=O) groups is 1. The van der Waals surface area contributed by atoms with Gasteiger partial charge in [0, 0.05) is 31.6 Å². The van der Waals surface area contributed by atoms with E-state index in [2.05, 4.69) is 10.2 Å². The van der Waals surface area contributed by atoms with Crippen LogP contribution in [0.4, 0.5) is 0 Å². The van der Waals surface area contributed by atoms with Gasteiger partial charge in [0.25, 0.3) is 11.5 Å². The molecule has 128 valence electrons. The Morgan fingerprint density at radius 2 is 1.83 bits per heavy atom. The second-order valence-electron chi connectivity index (χ2n) is 5.75. The minimum absolute atomic E-state index is 0.179. The standard InChI is InChI=1S/C15H18N4O4S/c1-24(22,23)19-8-4-7-18(9-10-19)15(21)13-11-5-2-3-6-12(11)14(20)17-16-13/h2-3,5-6H,4,7-10H2,1H3,(H,17,20). The Hall–Kier alpha value is -2.26. The van der Waals surface area contributed by atoms with Gasteiger partial charge in [-0.15, -0.1) is 0 Å². The van der Waals surface area contributed by atoms with Gasteiger partial charge in [-0.3, -0.25) is 9.59 Å². The van der Waals surface area contributed by atoms with Crippen LogP contribution in [0, 0.1) is 0 Å². The van der Waals surface area contributed by atoms with Gasteiger partial charge in [-0.25, -0.2) is 17.8 Å². The summed E-state index contributed by atoms with van der Waals surface area (Å²) >= 11 is 0. The van der Waals surface area contributed by atoms with Crippen molar-refractivity contribution < 1.29 is 13.2 Å². The van der Waals surface area contributed by atoms with E-state index < -0.39 is 10.0 Å². The van der Waals surface area contributed by atoms with Crippen molar-refractivity contribution >= 4 is 26.7 Å². The summed E-state index contributed by atoms with van der Waals surface area (Å²) in [5, 5.41) is 7.17. The molecule has 9 heteroatoms. The second-order valence-corrected chi connectivity index (χ2v) is 7.74. The van der Waals surface area contributed by atoms with Gasteiger partial charge in [-0.05, 0) is 12.5 Å². The molecule has 1 aromatic carbocycles. The van der Waals surface area contributed by atoms with Crippen LogP contribution in [-0.2, 0) is 10.0 Å². The zero-order chi connectivity index (χ0) is 17.3. The summed E-state index contributed by atoms with van der Waals surface area (Å²) < 4.78 is 24.7. The number of fused-ring (bicyclic) bond motifs is 1. The van der Waals surface area contributed by atoms with Gasteiger partial charge in [-0.1, -0.05) is 18.2 Å². The van der Waals surface area contributed by atoms with Crippen LogP contribution >= 0.6 is 0 Å². The minimum Gasteiger partial charge on any atom is -0.336 e. The van der Waals surface area contributed by atoms with Crippen molar-refractivity contribution in [3.05, 3.63) is 40.3 Å². The fourth-order valence-electron chi connectivity index (χ4n) is 2.86. The van der Waals surface area contributed by atoms with Crippen molar-refractivity contribution in [2.24, 2.45) is 0 Å². The van der Waals surface area contributed by atoms with E-state index >= 15 is 0 Å². The highest BCUT2D eigenvalue weighted by molar-refractivity contribution is 7.88. The molecule has 2 heterocycles. The quantitative estimate of drug-likeness (QED) is 0.823. The first-order valence-electron chi connectivity index (χ1n) is 7.60. The topological polar surface area (TPSA) is 103 Å². The van der Waals surface area contributed by atoms with Crippen molar-refractivity contribution in [2.75, 3.05) is 32.4 Å². The van der Waals surface area contributed by atoms with Crippen LogP contribution in [0.1, 0.15) is 16.9 Å². The summed E-state index contributed by atoms with van der Waals surface area (Å²) in [7, 11) is -3.27. The van der Waals surface area contributed by atoms with Crippen LogP contribution in [-0.4, -0.2) is 66.2 Å². The van der Waals surface area contributed by atoms with Gasteiger partial charge < -0.3 is 4.90 Å². The minimum atomic E-state index is -3.27. The van der Waals surface area contributed by atoms with Crippen LogP contribution in [0.2, 0.25) is 0 Å². The molecule has 0 saturated carbocycles. The lowest BCUT2D eigenvalue weighted by molar-refractivity contribution is 0.0759. The van der Waals surface area contributed by atoms with E-state index in [4.69, 9.17) is 0 Å². The van der Waals surface area contributed by atoms with Crippen molar-refractivity contribution in [2.45, 2.75) is 6.42 Å². The van der Waals surface area contributed by atoms with Gasteiger partial charge in [0.2, 0.25) is 10.0 Å². The highest BCUT2D eigenvalue weighted by Gasteiger charge is 2.26. The molecule has 1 aliphatic heterocycles. The van der Waals surface area contributed by atoms with Crippen LogP contribution in [0.15, 0.2) is 29.1 Å². The Labute approximate surface area is 139 Å². The average molecular weight is 350 g/mol. The number of aromatic amines is 1. The third kappa shape index (κ3) is 3.17. The predicted molar refractivity (Wildman–Crippen MR) is 89.3 cm³/mol. The number of carbonyl (C=O) groups excluding carboxylic acids is 1. The summed E-state index contributed by atoms with van der Waals surface area (Å²) in [5.74, 6) is -0.308. The summed E-state index contributed by atoms with van der Waals surface area (Å²) in [5.41, 5.74) is -0.167. The molecular formula is C15H18N4O4S. The van der Waals surface area contributed by atoms with E-state index in [1.807, 2.05) is 0 Å². The molecular weight excluding hydrogens is 332 g/mol. The molecule has 1 amide bonds. The number of H-pyrrole nitrogens is 1. The molecule has 0 aliphatic carbocycles. The highest BCUT2D eigenvalue weighted by atomic mass is 32.2. The van der Waals surface area contributed by atoms with Crippen LogP contribution in [0.3, 0.4) is 0 Å². The maximum absolute atomic E-state index is 12.8. The Morgan fingerprint density at radius 3 is 2.54 bits per heavy atom. The van der Waals surface area contributed by atoms with Gasteiger partial charge in [-0.2, -0.15) is 5.10 Å². The molecule has 3 rings (SSSR count). The number of amides is 1. The Bertz CT molecular complexity index is 938. The maximum atomic E-state index is 12.8. The van der Waals surface area contributed by atoms with Crippen molar-refractivity contribution in [1.82, 2.24) is 19.4 Å². The van der Waals surface area contributed by atoms with Crippen LogP contribution in [0.25, 0.3) is 10.8 Å². The third-order valence-electron chi connectivity index (χ3n) is 4.11. The molecule has 1 aliphatic rings. The van der Waals surface area contributed by atoms with E-state index in [0.717, 1.165) is 0 Å². The highest BCUT2D eigenvalue weighted by Crippen LogP contribution is 2.16. The largest absolute Gasteiger partial charge is 0.336 e. The second kappa shape index (κ2) is 6.33. The van der Waals surface area contributed by atoms with Crippen molar-refractivity contribution in [3.8, 4) is 0 Å².